The molecule has 0 aliphatic heterocycles. The molecule has 0 aromatic carbocycles. The van der Waals surface area contributed by atoms with Crippen LogP contribution in [0.15, 0.2) is 0 Å². The van der Waals surface area contributed by atoms with Crippen LogP contribution in [0.4, 0.5) is 0 Å². The zero-order valence-electron chi connectivity index (χ0n) is 15.0. The highest BCUT2D eigenvalue weighted by Crippen LogP contribution is 2.68. The van der Waals surface area contributed by atoms with Gasteiger partial charge in [0.1, 0.15) is 0 Å². The molecule has 4 fully saturated rings. The third-order valence-corrected chi connectivity index (χ3v) is 9.49. The van der Waals surface area contributed by atoms with E-state index in [1.165, 1.54) is 57.8 Å². The lowest BCUT2D eigenvalue weighted by Gasteiger charge is -2.61. The molecule has 0 radical (unpaired) electrons. The molecule has 4 aliphatic carbocycles. The standard InChI is InChI=1S/C21H36O/c1-4-21(22)14-11-18-16-9-8-15-7-5-6-12-19(15,2)17(16)10-13-20(18,21)3/h15-18,22H,4-14H2,1-3H3/t15?,16-,17+,18+,19+,20+,21?/m1/s1. The van der Waals surface area contributed by atoms with E-state index in [1.54, 1.807) is 0 Å². The van der Waals surface area contributed by atoms with Crippen LogP contribution in [0.25, 0.3) is 0 Å². The zero-order valence-corrected chi connectivity index (χ0v) is 15.0. The Hall–Kier alpha value is -0.0400. The van der Waals surface area contributed by atoms with E-state index in [2.05, 4.69) is 20.8 Å². The Morgan fingerprint density at radius 3 is 2.41 bits per heavy atom. The molecule has 22 heavy (non-hydrogen) atoms. The van der Waals surface area contributed by atoms with Gasteiger partial charge in [-0.25, -0.2) is 0 Å². The van der Waals surface area contributed by atoms with Gasteiger partial charge in [0.25, 0.3) is 0 Å². The number of fused-ring (bicyclic) bond motifs is 5. The molecule has 7 atom stereocenters. The Labute approximate surface area is 137 Å². The summed E-state index contributed by atoms with van der Waals surface area (Å²) >= 11 is 0. The van der Waals surface area contributed by atoms with Crippen molar-refractivity contribution in [1.29, 1.82) is 0 Å². The third-order valence-electron chi connectivity index (χ3n) is 9.49. The molecule has 2 unspecified atom stereocenters. The van der Waals surface area contributed by atoms with Crippen LogP contribution < -0.4 is 0 Å². The molecule has 0 bridgehead atoms. The summed E-state index contributed by atoms with van der Waals surface area (Å²) in [5.41, 5.74) is 0.475. The SMILES string of the molecule is CCC1(O)CC[C@H]2[C@@H]3CCC4CCCC[C@]4(C)[C@H]3CC[C@@]21C. The van der Waals surface area contributed by atoms with Gasteiger partial charge in [-0.15, -0.1) is 0 Å². The van der Waals surface area contributed by atoms with Crippen molar-refractivity contribution in [3.05, 3.63) is 0 Å². The third kappa shape index (κ3) is 1.81. The van der Waals surface area contributed by atoms with E-state index in [4.69, 9.17) is 0 Å². The largest absolute Gasteiger partial charge is 0.389 e. The lowest BCUT2D eigenvalue weighted by atomic mass is 9.44. The van der Waals surface area contributed by atoms with E-state index in [0.717, 1.165) is 36.5 Å². The molecule has 4 rings (SSSR count). The minimum Gasteiger partial charge on any atom is -0.389 e. The maximum Gasteiger partial charge on any atom is 0.0701 e. The van der Waals surface area contributed by atoms with Crippen LogP contribution in [0.5, 0.6) is 0 Å². The summed E-state index contributed by atoms with van der Waals surface area (Å²) < 4.78 is 0. The quantitative estimate of drug-likeness (QED) is 0.672. The minimum absolute atomic E-state index is 0.209. The van der Waals surface area contributed by atoms with Gasteiger partial charge in [-0.1, -0.05) is 33.6 Å². The molecule has 4 saturated carbocycles. The van der Waals surface area contributed by atoms with E-state index < -0.39 is 0 Å². The Morgan fingerprint density at radius 2 is 1.64 bits per heavy atom. The van der Waals surface area contributed by atoms with E-state index in [-0.39, 0.29) is 11.0 Å². The summed E-state index contributed by atoms with van der Waals surface area (Å²) in [7, 11) is 0. The maximum absolute atomic E-state index is 11.2. The molecule has 1 N–H and O–H groups in total. The van der Waals surface area contributed by atoms with Crippen molar-refractivity contribution in [3.63, 3.8) is 0 Å². The normalized spacial score (nSPS) is 57.8. The average molecular weight is 305 g/mol. The first-order valence-electron chi connectivity index (χ1n) is 10.2. The number of hydrogen-bond acceptors (Lipinski definition) is 1. The monoisotopic (exact) mass is 304 g/mol. The van der Waals surface area contributed by atoms with Crippen molar-refractivity contribution in [2.24, 2.45) is 34.5 Å². The van der Waals surface area contributed by atoms with Crippen molar-refractivity contribution in [3.8, 4) is 0 Å². The molecular formula is C21H36O. The summed E-state index contributed by atoms with van der Waals surface area (Å²) in [5, 5.41) is 11.2. The van der Waals surface area contributed by atoms with Crippen LogP contribution in [-0.4, -0.2) is 10.7 Å². The first-order valence-corrected chi connectivity index (χ1v) is 10.2. The number of rotatable bonds is 1. The second kappa shape index (κ2) is 4.98. The number of aliphatic hydroxyl groups is 1. The Bertz CT molecular complexity index is 443. The van der Waals surface area contributed by atoms with Crippen molar-refractivity contribution in [2.75, 3.05) is 0 Å². The second-order valence-corrected chi connectivity index (χ2v) is 9.78. The predicted octanol–water partition coefficient (Wildman–Crippen LogP) is 5.56. The van der Waals surface area contributed by atoms with Crippen LogP contribution in [0.1, 0.15) is 91.4 Å². The van der Waals surface area contributed by atoms with Gasteiger partial charge >= 0.3 is 0 Å². The molecule has 0 amide bonds. The fraction of sp³-hybridized carbons (Fsp3) is 1.00. The van der Waals surface area contributed by atoms with E-state index in [1.807, 2.05) is 0 Å². The summed E-state index contributed by atoms with van der Waals surface area (Å²) in [6, 6.07) is 0. The minimum atomic E-state index is -0.368. The van der Waals surface area contributed by atoms with E-state index in [9.17, 15) is 5.11 Å². The number of hydrogen-bond donors (Lipinski definition) is 1. The molecule has 0 heterocycles. The molecule has 0 saturated heterocycles. The summed E-state index contributed by atoms with van der Waals surface area (Å²) in [6.45, 7) is 7.30. The smallest absolute Gasteiger partial charge is 0.0701 e. The predicted molar refractivity (Wildman–Crippen MR) is 91.6 cm³/mol. The Balaban J connectivity index is 1.65. The molecule has 0 aromatic heterocycles. The highest BCUT2D eigenvalue weighted by molar-refractivity contribution is 5.13. The summed E-state index contributed by atoms with van der Waals surface area (Å²) in [6.07, 6.45) is 14.9. The van der Waals surface area contributed by atoms with Gasteiger partial charge in [-0.2, -0.15) is 0 Å². The summed E-state index contributed by atoms with van der Waals surface area (Å²) in [4.78, 5) is 0. The van der Waals surface area contributed by atoms with E-state index >= 15 is 0 Å². The molecule has 0 aromatic rings. The lowest BCUT2D eigenvalue weighted by molar-refractivity contribution is -0.152. The Morgan fingerprint density at radius 1 is 0.864 bits per heavy atom. The highest BCUT2D eigenvalue weighted by atomic mass is 16.3. The first kappa shape index (κ1) is 15.5. The fourth-order valence-electron chi connectivity index (χ4n) is 7.99. The molecule has 126 valence electrons. The van der Waals surface area contributed by atoms with Crippen LogP contribution in [-0.2, 0) is 0 Å². The average Bonchev–Trinajstić information content (AvgIpc) is 2.79. The lowest BCUT2D eigenvalue weighted by Crippen LogP contribution is -2.56. The fourth-order valence-corrected chi connectivity index (χ4v) is 7.99. The van der Waals surface area contributed by atoms with Gasteiger partial charge in [0.15, 0.2) is 0 Å². The first-order chi connectivity index (χ1) is 10.4. The van der Waals surface area contributed by atoms with Crippen LogP contribution in [0.2, 0.25) is 0 Å². The van der Waals surface area contributed by atoms with Crippen LogP contribution in [0.3, 0.4) is 0 Å². The van der Waals surface area contributed by atoms with Crippen LogP contribution >= 0.6 is 0 Å². The van der Waals surface area contributed by atoms with Crippen molar-refractivity contribution < 1.29 is 5.11 Å². The second-order valence-electron chi connectivity index (χ2n) is 9.78. The molecular weight excluding hydrogens is 268 g/mol. The molecule has 1 heteroatoms. The molecule has 1 nitrogen and oxygen atoms in total. The van der Waals surface area contributed by atoms with Crippen molar-refractivity contribution in [1.82, 2.24) is 0 Å². The molecule has 0 spiro atoms. The maximum atomic E-state index is 11.2. The summed E-state index contributed by atoms with van der Waals surface area (Å²) in [5.74, 6) is 3.69. The van der Waals surface area contributed by atoms with Crippen molar-refractivity contribution in [2.45, 2.75) is 97.0 Å². The van der Waals surface area contributed by atoms with Gasteiger partial charge in [0.05, 0.1) is 5.60 Å². The van der Waals surface area contributed by atoms with Gasteiger partial charge in [-0.05, 0) is 92.3 Å². The Kier molecular flexibility index (Phi) is 3.50. The molecule has 4 aliphatic rings. The van der Waals surface area contributed by atoms with Gasteiger partial charge in [0.2, 0.25) is 0 Å². The van der Waals surface area contributed by atoms with Gasteiger partial charge in [-0.3, -0.25) is 0 Å². The van der Waals surface area contributed by atoms with Crippen molar-refractivity contribution >= 4 is 0 Å². The highest BCUT2D eigenvalue weighted by Gasteiger charge is 2.63. The van der Waals surface area contributed by atoms with Gasteiger partial charge in [0, 0.05) is 0 Å². The topological polar surface area (TPSA) is 20.2 Å². The van der Waals surface area contributed by atoms with E-state index in [0.29, 0.717) is 5.41 Å². The zero-order chi connectivity index (χ0) is 15.6. The van der Waals surface area contributed by atoms with Gasteiger partial charge < -0.3 is 5.11 Å². The van der Waals surface area contributed by atoms with Crippen LogP contribution in [0, 0.1) is 34.5 Å².